The van der Waals surface area contributed by atoms with Crippen LogP contribution < -0.4 is 35.4 Å². The van der Waals surface area contributed by atoms with Crippen molar-refractivity contribution in [2.45, 2.75) is 268 Å². The number of carbonyl (C=O) groups is 5. The molecule has 0 aliphatic carbocycles. The van der Waals surface area contributed by atoms with Gasteiger partial charge in [-0.3, -0.25) is 29.6 Å². The third-order valence-electron chi connectivity index (χ3n) is 10.6. The van der Waals surface area contributed by atoms with Crippen molar-refractivity contribution >= 4 is 29.7 Å². The molecule has 0 aromatic heterocycles. The number of ether oxygens (including phenoxy) is 2. The van der Waals surface area contributed by atoms with Crippen LogP contribution in [-0.4, -0.2) is 82.7 Å². The van der Waals surface area contributed by atoms with Crippen LogP contribution in [0.15, 0.2) is 44.2 Å². The minimum atomic E-state index is -0.689. The van der Waals surface area contributed by atoms with E-state index >= 15 is 0 Å². The Bertz CT molecular complexity index is 1310. The number of Topliss-reactive ketones (excluding diaryl/α,β-unsaturated/α-hetero) is 1. The SMILES string of the molecule is CCC=C(CCCCCC)CCC(=O)O.CCC=C(CCCCCC)CCC(=O)OCC.CCCCCCC(=O)CCC(=O)OCC.CCCCCCC(CCC)CCC(=O)O.CO.CO.N/N=N/N=N/[N-]O.[Na+]. The zero-order valence-electron chi connectivity index (χ0n) is 49.2. The Morgan fingerprint density at radius 2 is 0.878 bits per heavy atom. The number of aliphatic hydroxyl groups is 2. The number of unbranched alkanes of at least 4 members (excludes halogenated alkanes) is 12. The molecular weight excluding hydrogens is 960 g/mol. The number of rotatable bonds is 40. The molecule has 1 atom stereocenters. The molecule has 0 saturated carbocycles. The predicted molar refractivity (Wildman–Crippen MR) is 296 cm³/mol. The van der Waals surface area contributed by atoms with Crippen LogP contribution in [0.2, 0.25) is 0 Å². The Labute approximate surface area is 472 Å². The van der Waals surface area contributed by atoms with Gasteiger partial charge in [-0.05, 0) is 84.0 Å². The normalized spacial score (nSPS) is 10.8. The number of allylic oxidation sites excluding steroid dienone is 4. The van der Waals surface area contributed by atoms with E-state index in [0.29, 0.717) is 44.8 Å². The van der Waals surface area contributed by atoms with Gasteiger partial charge in [0.05, 0.1) is 19.6 Å². The molecule has 0 aromatic rings. The van der Waals surface area contributed by atoms with Crippen molar-refractivity contribution in [3.05, 3.63) is 28.9 Å². The molecule has 19 heteroatoms. The first-order valence-corrected chi connectivity index (χ1v) is 27.6. The summed E-state index contributed by atoms with van der Waals surface area (Å²) >= 11 is 0. The summed E-state index contributed by atoms with van der Waals surface area (Å²) < 4.78 is 9.69. The summed E-state index contributed by atoms with van der Waals surface area (Å²) in [6.07, 6.45) is 36.9. The van der Waals surface area contributed by atoms with Gasteiger partial charge in [0.25, 0.3) is 0 Å². The molecule has 0 amide bonds. The molecule has 0 heterocycles. The van der Waals surface area contributed by atoms with Crippen molar-refractivity contribution in [2.24, 2.45) is 32.7 Å². The van der Waals surface area contributed by atoms with Crippen LogP contribution >= 0.6 is 0 Å². The molecule has 0 aliphatic rings. The summed E-state index contributed by atoms with van der Waals surface area (Å²) in [5.74, 6) is 3.60. The zero-order chi connectivity index (χ0) is 57.0. The third kappa shape index (κ3) is 88.4. The molecule has 0 bridgehead atoms. The summed E-state index contributed by atoms with van der Waals surface area (Å²) in [5, 5.41) is 49.6. The van der Waals surface area contributed by atoms with E-state index in [1.165, 1.54) is 120 Å². The number of aliphatic carboxylic acids is 2. The second-order valence-electron chi connectivity index (χ2n) is 16.9. The van der Waals surface area contributed by atoms with E-state index in [4.69, 9.17) is 35.1 Å². The monoisotopic (exact) mass is 1070 g/mol. The molecule has 0 saturated heterocycles. The van der Waals surface area contributed by atoms with Crippen molar-refractivity contribution in [3.63, 3.8) is 0 Å². The molecule has 0 fully saturated rings. The van der Waals surface area contributed by atoms with Crippen LogP contribution in [0.25, 0.3) is 5.59 Å². The van der Waals surface area contributed by atoms with Crippen LogP contribution in [0.3, 0.4) is 0 Å². The van der Waals surface area contributed by atoms with Gasteiger partial charge in [-0.1, -0.05) is 180 Å². The standard InChI is InChI=1S/C15H28O2.C13H26O2.C13H24O2.C12H22O3.2CH4O.H3N6O.Na/c1-4-7-8-9-11-14(10-5-2)12-13-15(16)17-6-3;2*1-3-5-6-7-9-12(8-4-2)10-11-13(14)15;1-3-5-6-7-8-11(13)9-10-12(14)15-4-2;2*1-2;1-2-3-4-5-6-7;/h10H,4-9,11-13H2,1-3H3;12H,3-11H2,1-2H3,(H,14,15);8H,3-7,9-11H2,1-2H3,(H,14,15);3-10H2,1-2H3;2*2H,1H3;(H3-,1,2,3,4,5,6,7);/q;;;;;;-1;+1. The quantitative estimate of drug-likeness (QED) is 0.00633. The van der Waals surface area contributed by atoms with Crippen LogP contribution in [0, 0.1) is 5.92 Å². The molecule has 18 nitrogen and oxygen atoms in total. The largest absolute Gasteiger partial charge is 1.00 e. The van der Waals surface area contributed by atoms with Crippen LogP contribution in [0.4, 0.5) is 0 Å². The van der Waals surface area contributed by atoms with E-state index in [9.17, 15) is 24.0 Å². The summed E-state index contributed by atoms with van der Waals surface area (Å²) in [6.45, 7) is 19.7. The number of nitrogens with zero attached hydrogens (tertiary/aromatic N) is 5. The Balaban J connectivity index is -0.000000122. The fourth-order valence-electron chi connectivity index (χ4n) is 6.99. The average molecular weight is 1070 g/mol. The van der Waals surface area contributed by atoms with Crippen molar-refractivity contribution in [3.8, 4) is 0 Å². The van der Waals surface area contributed by atoms with E-state index in [0.717, 1.165) is 72.0 Å². The molecule has 0 radical (unpaired) electrons. The number of carbonyl (C=O) groups excluding carboxylic acids is 3. The van der Waals surface area contributed by atoms with Gasteiger partial charge in [0, 0.05) is 46.3 Å². The second kappa shape index (κ2) is 81.1. The number of carboxylic acids is 2. The van der Waals surface area contributed by atoms with E-state index in [1.54, 1.807) is 6.92 Å². The molecule has 0 spiro atoms. The number of carboxylic acid groups (broad SMARTS) is 2. The molecule has 74 heavy (non-hydrogen) atoms. The van der Waals surface area contributed by atoms with Gasteiger partial charge in [-0.15, -0.1) is 5.22 Å². The maximum Gasteiger partial charge on any atom is 1.00 e. The summed E-state index contributed by atoms with van der Waals surface area (Å²) in [5.41, 5.74) is 4.98. The van der Waals surface area contributed by atoms with Crippen LogP contribution in [0.1, 0.15) is 268 Å². The fourth-order valence-corrected chi connectivity index (χ4v) is 6.99. The first kappa shape index (κ1) is 87.4. The van der Waals surface area contributed by atoms with Gasteiger partial charge < -0.3 is 40.9 Å². The van der Waals surface area contributed by atoms with Crippen LogP contribution in [0.5, 0.6) is 0 Å². The Kier molecular flexibility index (Phi) is 95.7. The molecular formula is C55H111N6NaO12. The third-order valence-corrected chi connectivity index (χ3v) is 10.6. The minimum absolute atomic E-state index is 0. The zero-order valence-corrected chi connectivity index (χ0v) is 51.2. The van der Waals surface area contributed by atoms with Gasteiger partial charge in [0.2, 0.25) is 0 Å². The Hall–Kier alpha value is -3.29. The van der Waals surface area contributed by atoms with Gasteiger partial charge >= 0.3 is 53.4 Å². The number of nitrogens with two attached hydrogens (primary N) is 1. The summed E-state index contributed by atoms with van der Waals surface area (Å²) in [7, 11) is 2.00. The summed E-state index contributed by atoms with van der Waals surface area (Å²) in [4.78, 5) is 54.5. The van der Waals surface area contributed by atoms with Gasteiger partial charge in [0.15, 0.2) is 0 Å². The molecule has 434 valence electrons. The van der Waals surface area contributed by atoms with Crippen molar-refractivity contribution in [1.82, 2.24) is 0 Å². The van der Waals surface area contributed by atoms with E-state index in [-0.39, 0.29) is 60.1 Å². The predicted octanol–water partition coefficient (Wildman–Crippen LogP) is 12.5. The smallest absolute Gasteiger partial charge is 0.481 e. The Morgan fingerprint density at radius 3 is 1.24 bits per heavy atom. The topological polar surface area (TPSA) is 295 Å². The minimum Gasteiger partial charge on any atom is -0.481 e. The summed E-state index contributed by atoms with van der Waals surface area (Å²) in [6, 6.07) is 0. The second-order valence-corrected chi connectivity index (χ2v) is 16.9. The van der Waals surface area contributed by atoms with Gasteiger partial charge in [-0.25, -0.2) is 10.4 Å². The number of hydrogen-bond acceptors (Lipinski definition) is 12. The first-order chi connectivity index (χ1) is 35.3. The number of hydrogen-bond donors (Lipinski definition) is 6. The molecule has 7 N–H and O–H groups in total. The fraction of sp³-hybridized carbons (Fsp3) is 0.836. The van der Waals surface area contributed by atoms with E-state index in [2.05, 4.69) is 92.9 Å². The van der Waals surface area contributed by atoms with Crippen molar-refractivity contribution in [2.75, 3.05) is 27.4 Å². The number of ketones is 1. The molecule has 0 aliphatic heterocycles. The maximum absolute atomic E-state index is 11.3. The number of esters is 2. The number of aliphatic hydroxyl groups excluding tert-OH is 2. The molecule has 0 rings (SSSR count). The first-order valence-electron chi connectivity index (χ1n) is 27.6. The molecule has 1 unspecified atom stereocenters. The Morgan fingerprint density at radius 1 is 0.473 bits per heavy atom. The van der Waals surface area contributed by atoms with Gasteiger partial charge in [0.1, 0.15) is 5.78 Å². The van der Waals surface area contributed by atoms with Gasteiger partial charge in [-0.2, -0.15) is 0 Å². The van der Waals surface area contributed by atoms with E-state index in [1.807, 2.05) is 6.92 Å². The van der Waals surface area contributed by atoms with E-state index < -0.39 is 11.9 Å². The van der Waals surface area contributed by atoms with Crippen LogP contribution in [-0.2, 0) is 33.4 Å². The maximum atomic E-state index is 11.3. The molecule has 0 aromatic carbocycles. The van der Waals surface area contributed by atoms with Crippen molar-refractivity contribution < 1.29 is 88.6 Å². The average Bonchev–Trinajstić information content (AvgIpc) is 3.38. The van der Waals surface area contributed by atoms with Crippen molar-refractivity contribution in [1.29, 1.82) is 0 Å².